The van der Waals surface area contributed by atoms with Gasteiger partial charge >= 0.3 is 0 Å². The highest BCUT2D eigenvalue weighted by Crippen LogP contribution is 2.46. The minimum absolute atomic E-state index is 0.259. The maximum absolute atomic E-state index is 12.1. The van der Waals surface area contributed by atoms with Crippen molar-refractivity contribution in [3.05, 3.63) is 23.8 Å². The monoisotopic (exact) mass is 191 g/mol. The van der Waals surface area contributed by atoms with Crippen LogP contribution in [0.1, 0.15) is 26.7 Å². The molecule has 1 amide bonds. The maximum Gasteiger partial charge on any atom is 0.237 e. The molecule has 2 aliphatic rings. The summed E-state index contributed by atoms with van der Waals surface area (Å²) in [5, 5.41) is 0. The number of carbonyl (C=O) groups is 1. The summed E-state index contributed by atoms with van der Waals surface area (Å²) in [7, 11) is 1.90. The summed E-state index contributed by atoms with van der Waals surface area (Å²) >= 11 is 0. The highest BCUT2D eigenvalue weighted by atomic mass is 16.2. The maximum atomic E-state index is 12.1. The lowest BCUT2D eigenvalue weighted by Gasteiger charge is -2.25. The van der Waals surface area contributed by atoms with Gasteiger partial charge in [-0.15, -0.1) is 0 Å². The average Bonchev–Trinajstić information content (AvgIpc) is 2.42. The molecular formula is C12H17NO. The third-order valence-corrected chi connectivity index (χ3v) is 3.68. The zero-order valence-corrected chi connectivity index (χ0v) is 9.08. The number of likely N-dealkylation sites (N-methyl/N-ethyl adjacent to an activating group) is 1. The van der Waals surface area contributed by atoms with Crippen LogP contribution in [0.4, 0.5) is 0 Å². The minimum Gasteiger partial charge on any atom is -0.338 e. The SMILES string of the molecule is CC[C@]12C=CCC=C1[C@@H](C)N(C)C2=O. The van der Waals surface area contributed by atoms with Crippen LogP contribution in [0.2, 0.25) is 0 Å². The molecule has 1 aliphatic carbocycles. The molecule has 0 aromatic carbocycles. The molecule has 1 saturated heterocycles. The van der Waals surface area contributed by atoms with Gasteiger partial charge in [0.2, 0.25) is 5.91 Å². The van der Waals surface area contributed by atoms with Gasteiger partial charge in [-0.2, -0.15) is 0 Å². The van der Waals surface area contributed by atoms with E-state index in [1.165, 1.54) is 5.57 Å². The normalized spacial score (nSPS) is 35.9. The van der Waals surface area contributed by atoms with E-state index in [0.29, 0.717) is 0 Å². The Morgan fingerprint density at radius 2 is 2.36 bits per heavy atom. The van der Waals surface area contributed by atoms with Crippen molar-refractivity contribution in [2.45, 2.75) is 32.7 Å². The Hall–Kier alpha value is -1.05. The number of hydrogen-bond acceptors (Lipinski definition) is 1. The van der Waals surface area contributed by atoms with E-state index in [2.05, 4.69) is 32.1 Å². The molecule has 1 aliphatic heterocycles. The lowest BCUT2D eigenvalue weighted by Crippen LogP contribution is -2.32. The van der Waals surface area contributed by atoms with Gasteiger partial charge in [0.15, 0.2) is 0 Å². The fraction of sp³-hybridized carbons (Fsp3) is 0.583. The Balaban J connectivity index is 2.52. The van der Waals surface area contributed by atoms with Gasteiger partial charge in [0.05, 0.1) is 11.5 Å². The first-order valence-corrected chi connectivity index (χ1v) is 5.29. The molecule has 76 valence electrons. The predicted molar refractivity (Wildman–Crippen MR) is 56.8 cm³/mol. The first kappa shape index (κ1) is 9.50. The van der Waals surface area contributed by atoms with E-state index in [-0.39, 0.29) is 17.4 Å². The van der Waals surface area contributed by atoms with Crippen molar-refractivity contribution in [1.82, 2.24) is 4.90 Å². The van der Waals surface area contributed by atoms with Crippen LogP contribution < -0.4 is 0 Å². The summed E-state index contributed by atoms with van der Waals surface area (Å²) in [6.45, 7) is 4.20. The van der Waals surface area contributed by atoms with Gasteiger partial charge in [-0.25, -0.2) is 0 Å². The molecule has 0 spiro atoms. The summed E-state index contributed by atoms with van der Waals surface area (Å²) in [5.74, 6) is 0.259. The molecule has 2 nitrogen and oxygen atoms in total. The molecule has 2 rings (SSSR count). The van der Waals surface area contributed by atoms with Crippen LogP contribution in [-0.2, 0) is 4.79 Å². The molecule has 0 radical (unpaired) electrons. The summed E-state index contributed by atoms with van der Waals surface area (Å²) in [4.78, 5) is 14.0. The Kier molecular flexibility index (Phi) is 2.02. The van der Waals surface area contributed by atoms with Crippen LogP contribution in [0.3, 0.4) is 0 Å². The van der Waals surface area contributed by atoms with Crippen molar-refractivity contribution in [3.63, 3.8) is 0 Å². The fourth-order valence-electron chi connectivity index (χ4n) is 2.65. The second-order valence-electron chi connectivity index (χ2n) is 4.21. The number of hydrogen-bond donors (Lipinski definition) is 0. The van der Waals surface area contributed by atoms with Gasteiger partial charge in [-0.1, -0.05) is 25.2 Å². The van der Waals surface area contributed by atoms with E-state index >= 15 is 0 Å². The van der Waals surface area contributed by atoms with Crippen LogP contribution in [0.25, 0.3) is 0 Å². The summed E-state index contributed by atoms with van der Waals surface area (Å²) in [6.07, 6.45) is 8.28. The molecule has 0 bridgehead atoms. The number of rotatable bonds is 1. The third-order valence-electron chi connectivity index (χ3n) is 3.68. The van der Waals surface area contributed by atoms with Crippen molar-refractivity contribution < 1.29 is 4.79 Å². The van der Waals surface area contributed by atoms with Crippen LogP contribution in [0, 0.1) is 5.41 Å². The first-order chi connectivity index (χ1) is 6.63. The van der Waals surface area contributed by atoms with Gasteiger partial charge in [0, 0.05) is 7.05 Å². The van der Waals surface area contributed by atoms with E-state index in [9.17, 15) is 4.79 Å². The lowest BCUT2D eigenvalue weighted by atomic mass is 9.75. The van der Waals surface area contributed by atoms with E-state index in [1.54, 1.807) is 0 Å². The summed E-state index contributed by atoms with van der Waals surface area (Å²) in [5.41, 5.74) is 1.00. The quantitative estimate of drug-likeness (QED) is 0.581. The number of fused-ring (bicyclic) bond motifs is 1. The number of amides is 1. The van der Waals surface area contributed by atoms with Crippen molar-refractivity contribution in [2.24, 2.45) is 5.41 Å². The Morgan fingerprint density at radius 3 is 2.93 bits per heavy atom. The van der Waals surface area contributed by atoms with Gasteiger partial charge in [0.1, 0.15) is 0 Å². The summed E-state index contributed by atoms with van der Waals surface area (Å²) in [6, 6.07) is 0.271. The second kappa shape index (κ2) is 2.97. The number of likely N-dealkylation sites (tertiary alicyclic amines) is 1. The molecule has 1 heterocycles. The molecule has 14 heavy (non-hydrogen) atoms. The van der Waals surface area contributed by atoms with Crippen LogP contribution >= 0.6 is 0 Å². The molecule has 0 aromatic heterocycles. The number of allylic oxidation sites excluding steroid dienone is 2. The second-order valence-corrected chi connectivity index (χ2v) is 4.21. The van der Waals surface area contributed by atoms with Crippen molar-refractivity contribution in [1.29, 1.82) is 0 Å². The average molecular weight is 191 g/mol. The van der Waals surface area contributed by atoms with Crippen molar-refractivity contribution in [2.75, 3.05) is 7.05 Å². The molecular weight excluding hydrogens is 174 g/mol. The Bertz CT molecular complexity index is 329. The van der Waals surface area contributed by atoms with E-state index in [1.807, 2.05) is 11.9 Å². The lowest BCUT2D eigenvalue weighted by molar-refractivity contribution is -0.133. The zero-order valence-electron chi connectivity index (χ0n) is 9.08. The van der Waals surface area contributed by atoms with Gasteiger partial charge in [0.25, 0.3) is 0 Å². The molecule has 0 aromatic rings. The minimum atomic E-state index is -0.299. The largest absolute Gasteiger partial charge is 0.338 e. The van der Waals surface area contributed by atoms with Crippen molar-refractivity contribution >= 4 is 5.91 Å². The molecule has 2 atom stereocenters. The van der Waals surface area contributed by atoms with Gasteiger partial charge in [-0.05, 0) is 25.3 Å². The van der Waals surface area contributed by atoms with Crippen molar-refractivity contribution in [3.8, 4) is 0 Å². The topological polar surface area (TPSA) is 20.3 Å². The summed E-state index contributed by atoms with van der Waals surface area (Å²) < 4.78 is 0. The van der Waals surface area contributed by atoms with Crippen LogP contribution in [-0.4, -0.2) is 23.9 Å². The molecule has 0 saturated carbocycles. The smallest absolute Gasteiger partial charge is 0.237 e. The molecule has 0 unspecified atom stereocenters. The van der Waals surface area contributed by atoms with Crippen LogP contribution in [0.15, 0.2) is 23.8 Å². The Morgan fingerprint density at radius 1 is 1.64 bits per heavy atom. The van der Waals surface area contributed by atoms with E-state index in [4.69, 9.17) is 0 Å². The fourth-order valence-corrected chi connectivity index (χ4v) is 2.65. The van der Waals surface area contributed by atoms with E-state index < -0.39 is 0 Å². The van der Waals surface area contributed by atoms with E-state index in [0.717, 1.165) is 12.8 Å². The molecule has 0 N–H and O–H groups in total. The van der Waals surface area contributed by atoms with Crippen LogP contribution in [0.5, 0.6) is 0 Å². The first-order valence-electron chi connectivity index (χ1n) is 5.29. The number of carbonyl (C=O) groups excluding carboxylic acids is 1. The standard InChI is InChI=1S/C12H17NO/c1-4-12-8-6-5-7-10(12)9(2)13(3)11(12)14/h6-9H,4-5H2,1-3H3/t9-,12+/m1/s1. The molecule has 2 heteroatoms. The molecule has 1 fully saturated rings. The number of nitrogens with zero attached hydrogens (tertiary/aromatic N) is 1. The predicted octanol–water partition coefficient (Wildman–Crippen LogP) is 2.13. The highest BCUT2D eigenvalue weighted by Gasteiger charge is 2.50. The van der Waals surface area contributed by atoms with Gasteiger partial charge < -0.3 is 4.90 Å². The third kappa shape index (κ3) is 0.941. The Labute approximate surface area is 85.3 Å². The zero-order chi connectivity index (χ0) is 10.3. The highest BCUT2D eigenvalue weighted by molar-refractivity contribution is 5.92. The van der Waals surface area contributed by atoms with Gasteiger partial charge in [-0.3, -0.25) is 4.79 Å².